The minimum atomic E-state index is -0.328. The van der Waals surface area contributed by atoms with E-state index in [0.717, 1.165) is 59.5 Å². The van der Waals surface area contributed by atoms with Crippen molar-refractivity contribution < 1.29 is 14.3 Å². The first-order valence-electron chi connectivity index (χ1n) is 14.2. The maximum atomic E-state index is 11.9. The zero-order valence-electron chi connectivity index (χ0n) is 24.0. The lowest BCUT2D eigenvalue weighted by atomic mass is 9.85. The smallest absolute Gasteiger partial charge is 0.335 e. The van der Waals surface area contributed by atoms with E-state index in [9.17, 15) is 4.79 Å². The number of ether oxygens (including phenoxy) is 2. The summed E-state index contributed by atoms with van der Waals surface area (Å²) in [6.45, 7) is 17.7. The zero-order chi connectivity index (χ0) is 26.0. The summed E-state index contributed by atoms with van der Waals surface area (Å²) in [5.74, 6) is 3.82. The minimum absolute atomic E-state index is 0.113. The maximum Gasteiger partial charge on any atom is 0.335 e. The molecule has 1 aromatic rings. The molecule has 0 radical (unpaired) electrons. The number of carbonyl (C=O) groups excluding carboxylic acids is 1. The summed E-state index contributed by atoms with van der Waals surface area (Å²) in [6.07, 6.45) is 17.0. The molecule has 3 nitrogen and oxygen atoms in total. The predicted octanol–water partition coefficient (Wildman–Crippen LogP) is 9.31. The molecule has 1 aliphatic rings. The summed E-state index contributed by atoms with van der Waals surface area (Å²) in [7, 11) is 0. The van der Waals surface area contributed by atoms with Crippen LogP contribution in [0.15, 0.2) is 18.2 Å². The van der Waals surface area contributed by atoms with Crippen LogP contribution in [0, 0.1) is 31.6 Å². The lowest BCUT2D eigenvalue weighted by Crippen LogP contribution is -2.36. The second-order valence-corrected chi connectivity index (χ2v) is 11.9. The molecule has 0 N–H and O–H groups in total. The van der Waals surface area contributed by atoms with E-state index in [1.807, 2.05) is 19.9 Å². The number of rotatable bonds is 14. The van der Waals surface area contributed by atoms with Crippen LogP contribution in [0.25, 0.3) is 0 Å². The van der Waals surface area contributed by atoms with Crippen molar-refractivity contribution in [2.45, 2.75) is 132 Å². The van der Waals surface area contributed by atoms with Gasteiger partial charge >= 0.3 is 5.97 Å². The van der Waals surface area contributed by atoms with Crippen LogP contribution in [0.2, 0.25) is 0 Å². The molecular weight excluding hydrogens is 432 g/mol. The minimum Gasteiger partial charge on any atom is -0.487 e. The molecule has 0 saturated carbocycles. The second kappa shape index (κ2) is 14.1. The van der Waals surface area contributed by atoms with Crippen molar-refractivity contribution in [2.24, 2.45) is 17.8 Å². The van der Waals surface area contributed by atoms with Crippen LogP contribution < -0.4 is 9.47 Å². The van der Waals surface area contributed by atoms with E-state index in [1.165, 1.54) is 57.4 Å². The highest BCUT2D eigenvalue weighted by Crippen LogP contribution is 2.42. The highest BCUT2D eigenvalue weighted by Gasteiger charge is 2.33. The molecule has 1 aliphatic heterocycles. The monoisotopic (exact) mass is 484 g/mol. The lowest BCUT2D eigenvalue weighted by Gasteiger charge is -2.37. The van der Waals surface area contributed by atoms with Gasteiger partial charge in [-0.05, 0) is 93.9 Å². The van der Waals surface area contributed by atoms with Crippen molar-refractivity contribution in [3.63, 3.8) is 0 Å². The summed E-state index contributed by atoms with van der Waals surface area (Å²) < 4.78 is 12.2. The molecule has 0 aliphatic carbocycles. The highest BCUT2D eigenvalue weighted by atomic mass is 16.5. The largest absolute Gasteiger partial charge is 0.487 e. The number of benzene rings is 1. The van der Waals surface area contributed by atoms with Gasteiger partial charge in [-0.3, -0.25) is 0 Å². The molecule has 0 aromatic heterocycles. The van der Waals surface area contributed by atoms with Crippen LogP contribution in [-0.4, -0.2) is 11.6 Å². The van der Waals surface area contributed by atoms with Gasteiger partial charge in [-0.15, -0.1) is 0 Å². The summed E-state index contributed by atoms with van der Waals surface area (Å²) in [6, 6.07) is 2.00. The molecule has 3 unspecified atom stereocenters. The lowest BCUT2D eigenvalue weighted by molar-refractivity contribution is -0.129. The van der Waals surface area contributed by atoms with Gasteiger partial charge in [0.15, 0.2) is 0 Å². The fourth-order valence-electron chi connectivity index (χ4n) is 5.32. The predicted molar refractivity (Wildman–Crippen MR) is 148 cm³/mol. The van der Waals surface area contributed by atoms with Gasteiger partial charge in [0.1, 0.15) is 17.1 Å². The van der Waals surface area contributed by atoms with Gasteiger partial charge in [-0.1, -0.05) is 78.7 Å². The molecule has 3 atom stereocenters. The highest BCUT2D eigenvalue weighted by molar-refractivity contribution is 5.84. The van der Waals surface area contributed by atoms with Crippen molar-refractivity contribution in [3.05, 3.63) is 34.9 Å². The zero-order valence-corrected chi connectivity index (χ0v) is 24.0. The van der Waals surface area contributed by atoms with E-state index in [0.29, 0.717) is 5.75 Å². The normalized spacial score (nSPS) is 19.5. The van der Waals surface area contributed by atoms with Gasteiger partial charge < -0.3 is 9.47 Å². The fourth-order valence-corrected chi connectivity index (χ4v) is 5.32. The average molecular weight is 485 g/mol. The van der Waals surface area contributed by atoms with Crippen LogP contribution in [0.5, 0.6) is 11.5 Å². The Morgan fingerprint density at radius 3 is 2.20 bits per heavy atom. The van der Waals surface area contributed by atoms with Crippen LogP contribution in [0.1, 0.15) is 122 Å². The number of hydrogen-bond acceptors (Lipinski definition) is 3. The Morgan fingerprint density at radius 2 is 1.60 bits per heavy atom. The van der Waals surface area contributed by atoms with Crippen molar-refractivity contribution in [2.75, 3.05) is 0 Å². The topological polar surface area (TPSA) is 35.5 Å². The van der Waals surface area contributed by atoms with E-state index in [4.69, 9.17) is 9.47 Å². The quantitative estimate of drug-likeness (QED) is 0.150. The Labute approximate surface area is 216 Å². The van der Waals surface area contributed by atoms with Gasteiger partial charge in [0.2, 0.25) is 0 Å². The van der Waals surface area contributed by atoms with Gasteiger partial charge in [-0.2, -0.15) is 0 Å². The van der Waals surface area contributed by atoms with Crippen molar-refractivity contribution in [1.82, 2.24) is 0 Å². The number of esters is 1. The van der Waals surface area contributed by atoms with Crippen LogP contribution >= 0.6 is 0 Å². The third-order valence-electron chi connectivity index (χ3n) is 7.93. The molecular formula is C32H52O3. The number of aryl methyl sites for hydroxylation is 1. The van der Waals surface area contributed by atoms with E-state index in [-0.39, 0.29) is 11.6 Å². The molecule has 35 heavy (non-hydrogen) atoms. The first-order valence-corrected chi connectivity index (χ1v) is 14.2. The Kier molecular flexibility index (Phi) is 11.9. The van der Waals surface area contributed by atoms with E-state index in [2.05, 4.69) is 41.5 Å². The fraction of sp³-hybridized carbons (Fsp3) is 0.719. The number of hydrogen-bond donors (Lipinski definition) is 0. The third-order valence-corrected chi connectivity index (χ3v) is 7.93. The number of fused-ring (bicyclic) bond motifs is 1. The Balaban J connectivity index is 1.80. The SMILES string of the molecule is C/C=C\C(=O)Oc1cc2c(c(C)c1C)OC(C)(CCCC(C)CCCC(C)CCCC(C)C)CC2. The standard InChI is InChI=1S/C32H52O3/c1-9-13-30(33)34-29-22-28-19-21-32(8,35-31(28)27(7)26(29)6)20-12-18-25(5)17-11-16-24(4)15-10-14-23(2)3/h9,13,22-25H,10-12,14-21H2,1-8H3/b13-9-. The van der Waals surface area contributed by atoms with Gasteiger partial charge in [0.05, 0.1) is 0 Å². The molecule has 0 fully saturated rings. The van der Waals surface area contributed by atoms with E-state index >= 15 is 0 Å². The Bertz CT molecular complexity index is 838. The van der Waals surface area contributed by atoms with Crippen LogP contribution in [0.4, 0.5) is 0 Å². The summed E-state index contributed by atoms with van der Waals surface area (Å²) in [5.41, 5.74) is 3.12. The average Bonchev–Trinajstić information content (AvgIpc) is 2.78. The third kappa shape index (κ3) is 9.66. The van der Waals surface area contributed by atoms with E-state index in [1.54, 1.807) is 6.08 Å². The molecule has 1 aromatic carbocycles. The van der Waals surface area contributed by atoms with E-state index < -0.39 is 0 Å². The van der Waals surface area contributed by atoms with Crippen molar-refractivity contribution in [1.29, 1.82) is 0 Å². The summed E-state index contributed by atoms with van der Waals surface area (Å²) in [4.78, 5) is 11.9. The number of allylic oxidation sites excluding steroid dienone is 1. The molecule has 0 bridgehead atoms. The van der Waals surface area contributed by atoms with Crippen molar-refractivity contribution in [3.8, 4) is 11.5 Å². The molecule has 0 saturated heterocycles. The first kappa shape index (κ1) is 29.5. The Hall–Kier alpha value is -1.77. The molecule has 2 rings (SSSR count). The first-order chi connectivity index (χ1) is 16.5. The summed E-state index contributed by atoms with van der Waals surface area (Å²) >= 11 is 0. The Morgan fingerprint density at radius 1 is 1.00 bits per heavy atom. The molecule has 3 heteroatoms. The van der Waals surface area contributed by atoms with Gasteiger partial charge in [0.25, 0.3) is 0 Å². The maximum absolute atomic E-state index is 11.9. The molecule has 1 heterocycles. The molecule has 0 spiro atoms. The second-order valence-electron chi connectivity index (χ2n) is 11.9. The molecule has 0 amide bonds. The van der Waals surface area contributed by atoms with Gasteiger partial charge in [-0.25, -0.2) is 4.79 Å². The van der Waals surface area contributed by atoms with Crippen LogP contribution in [0.3, 0.4) is 0 Å². The summed E-state index contributed by atoms with van der Waals surface area (Å²) in [5, 5.41) is 0. The van der Waals surface area contributed by atoms with Crippen molar-refractivity contribution >= 4 is 5.97 Å². The van der Waals surface area contributed by atoms with Crippen LogP contribution in [-0.2, 0) is 11.2 Å². The molecule has 198 valence electrons. The van der Waals surface area contributed by atoms with Gasteiger partial charge in [0, 0.05) is 6.08 Å². The number of carbonyl (C=O) groups is 1.